The van der Waals surface area contributed by atoms with Crippen molar-refractivity contribution in [3.05, 3.63) is 243 Å². The van der Waals surface area contributed by atoms with Crippen molar-refractivity contribution in [2.24, 2.45) is 0 Å². The predicted octanol–water partition coefficient (Wildman–Crippen LogP) is 17.5. The van der Waals surface area contributed by atoms with E-state index in [9.17, 15) is 0 Å². The molecule has 12 aromatic carbocycles. The Kier molecular flexibility index (Phi) is 8.02. The van der Waals surface area contributed by atoms with Gasteiger partial charge in [-0.25, -0.2) is 0 Å². The average Bonchev–Trinajstić information content (AvgIpc) is 3.90. The van der Waals surface area contributed by atoms with E-state index in [1.54, 1.807) is 0 Å². The molecule has 0 atom stereocenters. The van der Waals surface area contributed by atoms with Crippen LogP contribution < -0.4 is 0 Å². The van der Waals surface area contributed by atoms with Crippen LogP contribution in [-0.4, -0.2) is 9.13 Å². The minimum atomic E-state index is 1.16. The second-order valence-corrected chi connectivity index (χ2v) is 17.6. The molecule has 0 fully saturated rings. The normalized spacial score (nSPS) is 11.9. The summed E-state index contributed by atoms with van der Waals surface area (Å²) < 4.78 is 4.87. The first-order valence-corrected chi connectivity index (χ1v) is 22.8. The highest BCUT2D eigenvalue weighted by atomic mass is 15.0. The maximum Gasteiger partial charge on any atom is 0.0541 e. The average molecular weight is 837 g/mol. The Morgan fingerprint density at radius 3 is 1.41 bits per heavy atom. The van der Waals surface area contributed by atoms with Crippen molar-refractivity contribution in [2.75, 3.05) is 0 Å². The summed E-state index contributed by atoms with van der Waals surface area (Å²) in [6.45, 7) is 0. The molecule has 0 radical (unpaired) electrons. The monoisotopic (exact) mass is 836 g/mol. The van der Waals surface area contributed by atoms with Crippen LogP contribution in [0.5, 0.6) is 0 Å². The summed E-state index contributed by atoms with van der Waals surface area (Å²) in [4.78, 5) is 0. The summed E-state index contributed by atoms with van der Waals surface area (Å²) in [6.07, 6.45) is 0. The lowest BCUT2D eigenvalue weighted by molar-refractivity contribution is 1.18. The molecule has 0 N–H and O–H groups in total. The largest absolute Gasteiger partial charge is 0.309 e. The lowest BCUT2D eigenvalue weighted by atomic mass is 9.92. The zero-order valence-electron chi connectivity index (χ0n) is 36.0. The number of hydrogen-bond acceptors (Lipinski definition) is 0. The third kappa shape index (κ3) is 5.55. The van der Waals surface area contributed by atoms with Crippen LogP contribution in [0.1, 0.15) is 0 Å². The van der Waals surface area contributed by atoms with Gasteiger partial charge in [0.1, 0.15) is 0 Å². The van der Waals surface area contributed by atoms with Crippen molar-refractivity contribution >= 4 is 86.7 Å². The van der Waals surface area contributed by atoms with Gasteiger partial charge in [0.15, 0.2) is 0 Å². The molecule has 2 aromatic heterocycles. The van der Waals surface area contributed by atoms with E-state index in [2.05, 4.69) is 252 Å². The van der Waals surface area contributed by atoms with Crippen LogP contribution in [0, 0.1) is 0 Å². The predicted molar refractivity (Wildman–Crippen MR) is 281 cm³/mol. The molecule has 14 rings (SSSR count). The van der Waals surface area contributed by atoms with E-state index in [4.69, 9.17) is 0 Å². The molecule has 0 aliphatic heterocycles. The molecule has 0 aliphatic carbocycles. The molecule has 0 unspecified atom stereocenters. The second kappa shape index (κ2) is 14.4. The van der Waals surface area contributed by atoms with Crippen LogP contribution in [0.25, 0.3) is 131 Å². The van der Waals surface area contributed by atoms with Gasteiger partial charge in [-0.15, -0.1) is 0 Å². The molecule has 0 amide bonds. The molecule has 0 bridgehead atoms. The standard InChI is InChI=1S/C64H40N2/c1-2-12-41(13-3-1)42-22-29-48(30-23-42)65-60-20-10-8-18-56(60)58-39-44(27-35-63(58)65)45-28-36-64-59(40-45)57-19-9-11-21-61(57)66(64)62-37-34-51(52-16-6-7-17-55(52)62)46-25-31-50-47(38-46)26-33-53-49-15-5-4-14-43(49)24-32-54(50)53/h1-40H. The summed E-state index contributed by atoms with van der Waals surface area (Å²) in [6, 6.07) is 89.5. The fourth-order valence-electron chi connectivity index (χ4n) is 11.0. The molecule has 0 spiro atoms. The van der Waals surface area contributed by atoms with Crippen LogP contribution in [0.3, 0.4) is 0 Å². The summed E-state index contributed by atoms with van der Waals surface area (Å²) >= 11 is 0. The lowest BCUT2D eigenvalue weighted by Crippen LogP contribution is -1.96. The van der Waals surface area contributed by atoms with Crippen molar-refractivity contribution < 1.29 is 0 Å². The summed E-state index contributed by atoms with van der Waals surface area (Å²) in [5.41, 5.74) is 14.4. The molecular weight excluding hydrogens is 797 g/mol. The van der Waals surface area contributed by atoms with Crippen LogP contribution in [-0.2, 0) is 0 Å². The van der Waals surface area contributed by atoms with Gasteiger partial charge in [0.25, 0.3) is 0 Å². The van der Waals surface area contributed by atoms with Gasteiger partial charge in [-0.1, -0.05) is 182 Å². The molecule has 2 nitrogen and oxygen atoms in total. The Balaban J connectivity index is 0.877. The SMILES string of the molecule is c1ccc(-c2ccc(-n3c4ccccc4c4cc(-c5ccc6c(c5)c5ccccc5n6-c5ccc(-c6ccc7c(ccc8c9ccccc9ccc78)c6)c6ccccc56)ccc43)cc2)cc1. The highest BCUT2D eigenvalue weighted by Gasteiger charge is 2.19. The molecule has 0 aliphatic rings. The number of para-hydroxylation sites is 2. The number of nitrogens with zero attached hydrogens (tertiary/aromatic N) is 2. The Morgan fingerprint density at radius 2 is 0.697 bits per heavy atom. The van der Waals surface area contributed by atoms with E-state index in [0.29, 0.717) is 0 Å². The zero-order chi connectivity index (χ0) is 43.3. The third-order valence-corrected chi connectivity index (χ3v) is 14.1. The first-order valence-electron chi connectivity index (χ1n) is 22.8. The van der Waals surface area contributed by atoms with E-state index in [1.165, 1.54) is 126 Å². The number of rotatable bonds is 5. The molecule has 0 saturated heterocycles. The number of aromatic nitrogens is 2. The molecule has 2 heterocycles. The van der Waals surface area contributed by atoms with Gasteiger partial charge < -0.3 is 9.13 Å². The van der Waals surface area contributed by atoms with Crippen LogP contribution in [0.4, 0.5) is 0 Å². The van der Waals surface area contributed by atoms with Crippen molar-refractivity contribution in [1.29, 1.82) is 0 Å². The Labute approximate surface area is 381 Å². The van der Waals surface area contributed by atoms with Gasteiger partial charge in [-0.2, -0.15) is 0 Å². The smallest absolute Gasteiger partial charge is 0.0541 e. The number of benzene rings is 12. The van der Waals surface area contributed by atoms with Crippen molar-refractivity contribution in [2.45, 2.75) is 0 Å². The quantitative estimate of drug-likeness (QED) is 0.153. The van der Waals surface area contributed by atoms with Crippen LogP contribution in [0.15, 0.2) is 243 Å². The van der Waals surface area contributed by atoms with Gasteiger partial charge in [-0.05, 0) is 132 Å². The van der Waals surface area contributed by atoms with E-state index in [0.717, 1.165) is 5.69 Å². The first-order chi connectivity index (χ1) is 32.7. The molecular formula is C64H40N2. The van der Waals surface area contributed by atoms with E-state index in [-0.39, 0.29) is 0 Å². The van der Waals surface area contributed by atoms with E-state index < -0.39 is 0 Å². The number of fused-ring (bicyclic) bond motifs is 12. The molecule has 2 heteroatoms. The van der Waals surface area contributed by atoms with Gasteiger partial charge in [0, 0.05) is 32.6 Å². The van der Waals surface area contributed by atoms with Crippen LogP contribution in [0.2, 0.25) is 0 Å². The van der Waals surface area contributed by atoms with Crippen molar-refractivity contribution in [3.63, 3.8) is 0 Å². The maximum atomic E-state index is 2.47. The topological polar surface area (TPSA) is 9.86 Å². The summed E-state index contributed by atoms with van der Waals surface area (Å²) in [7, 11) is 0. The maximum absolute atomic E-state index is 2.47. The first kappa shape index (κ1) is 36.7. The zero-order valence-corrected chi connectivity index (χ0v) is 36.0. The highest BCUT2D eigenvalue weighted by molar-refractivity contribution is 6.18. The Hall–Kier alpha value is -8.72. The minimum Gasteiger partial charge on any atom is -0.309 e. The Morgan fingerprint density at radius 1 is 0.212 bits per heavy atom. The third-order valence-electron chi connectivity index (χ3n) is 14.1. The summed E-state index contributed by atoms with van der Waals surface area (Å²) in [5.74, 6) is 0. The van der Waals surface area contributed by atoms with Crippen LogP contribution >= 0.6 is 0 Å². The molecule has 306 valence electrons. The highest BCUT2D eigenvalue weighted by Crippen LogP contribution is 2.42. The lowest BCUT2D eigenvalue weighted by Gasteiger charge is -2.16. The van der Waals surface area contributed by atoms with Gasteiger partial charge >= 0.3 is 0 Å². The fourth-order valence-corrected chi connectivity index (χ4v) is 11.0. The van der Waals surface area contributed by atoms with E-state index >= 15 is 0 Å². The second-order valence-electron chi connectivity index (χ2n) is 17.6. The van der Waals surface area contributed by atoms with Gasteiger partial charge in [-0.3, -0.25) is 0 Å². The van der Waals surface area contributed by atoms with Gasteiger partial charge in [0.05, 0.1) is 27.8 Å². The minimum absolute atomic E-state index is 1.16. The van der Waals surface area contributed by atoms with Gasteiger partial charge in [0.2, 0.25) is 0 Å². The van der Waals surface area contributed by atoms with Crippen molar-refractivity contribution in [3.8, 4) is 44.8 Å². The molecule has 14 aromatic rings. The fraction of sp³-hybridized carbons (Fsp3) is 0. The molecule has 66 heavy (non-hydrogen) atoms. The Bertz CT molecular complexity index is 4260. The number of hydrogen-bond donors (Lipinski definition) is 0. The molecule has 0 saturated carbocycles. The van der Waals surface area contributed by atoms with Crippen molar-refractivity contribution in [1.82, 2.24) is 9.13 Å². The summed E-state index contributed by atoms with van der Waals surface area (Å²) in [5, 5.41) is 15.1. The van der Waals surface area contributed by atoms with E-state index in [1.807, 2.05) is 0 Å².